The highest BCUT2D eigenvalue weighted by atomic mass is 32.1. The van der Waals surface area contributed by atoms with Gasteiger partial charge in [0.2, 0.25) is 0 Å². The van der Waals surface area contributed by atoms with E-state index in [1.807, 2.05) is 19.9 Å². The van der Waals surface area contributed by atoms with Crippen LogP contribution in [0.4, 0.5) is 0 Å². The van der Waals surface area contributed by atoms with Gasteiger partial charge in [0, 0.05) is 21.5 Å². The maximum absolute atomic E-state index is 13.3. The van der Waals surface area contributed by atoms with Gasteiger partial charge >= 0.3 is 0 Å². The zero-order chi connectivity index (χ0) is 19.3. The number of fused-ring (bicyclic) bond motifs is 3. The molecular weight excluding hydrogens is 372 g/mol. The molecule has 1 aliphatic rings. The lowest BCUT2D eigenvalue weighted by atomic mass is 9.91. The third-order valence-electron chi connectivity index (χ3n) is 5.57. The Kier molecular flexibility index (Phi) is 4.01. The Balaban J connectivity index is 1.51. The van der Waals surface area contributed by atoms with Crippen LogP contribution in [-0.4, -0.2) is 31.1 Å². The highest BCUT2D eigenvalue weighted by Crippen LogP contribution is 2.36. The van der Waals surface area contributed by atoms with Crippen molar-refractivity contribution in [3.8, 4) is 5.00 Å². The zero-order valence-corrected chi connectivity index (χ0v) is 16.5. The molecule has 4 aromatic rings. The van der Waals surface area contributed by atoms with Crippen molar-refractivity contribution >= 4 is 28.1 Å². The first-order chi connectivity index (χ1) is 13.6. The van der Waals surface area contributed by atoms with Gasteiger partial charge in [-0.1, -0.05) is 18.2 Å². The summed E-state index contributed by atoms with van der Waals surface area (Å²) in [6.07, 6.45) is 4.55. The Morgan fingerprint density at radius 1 is 1.32 bits per heavy atom. The van der Waals surface area contributed by atoms with Crippen LogP contribution in [0.3, 0.4) is 0 Å². The lowest BCUT2D eigenvalue weighted by molar-refractivity contribution is 0.0931. The second kappa shape index (κ2) is 6.56. The van der Waals surface area contributed by atoms with Gasteiger partial charge in [-0.2, -0.15) is 4.68 Å². The molecule has 0 bridgehead atoms. The highest BCUT2D eigenvalue weighted by Gasteiger charge is 2.28. The molecular formula is C20H20N6OS. The largest absolute Gasteiger partial charge is 0.356 e. The van der Waals surface area contributed by atoms with Crippen molar-refractivity contribution in [1.29, 1.82) is 0 Å². The van der Waals surface area contributed by atoms with Crippen LogP contribution in [0.15, 0.2) is 30.6 Å². The lowest BCUT2D eigenvalue weighted by Gasteiger charge is -2.24. The summed E-state index contributed by atoms with van der Waals surface area (Å²) in [5, 5.41) is 16.7. The average Bonchev–Trinajstić information content (AvgIpc) is 3.41. The van der Waals surface area contributed by atoms with Crippen LogP contribution in [0.25, 0.3) is 15.9 Å². The predicted molar refractivity (Wildman–Crippen MR) is 108 cm³/mol. The van der Waals surface area contributed by atoms with Gasteiger partial charge in [-0.05, 0) is 60.7 Å². The molecule has 0 saturated carbocycles. The normalized spacial score (nSPS) is 16.3. The first kappa shape index (κ1) is 17.1. The number of nitrogens with one attached hydrogen (secondary N) is 2. The van der Waals surface area contributed by atoms with E-state index in [-0.39, 0.29) is 11.9 Å². The van der Waals surface area contributed by atoms with E-state index in [0.717, 1.165) is 45.9 Å². The van der Waals surface area contributed by atoms with Crippen molar-refractivity contribution in [3.63, 3.8) is 0 Å². The minimum atomic E-state index is -0.0798. The van der Waals surface area contributed by atoms with Crippen molar-refractivity contribution in [2.75, 3.05) is 0 Å². The molecule has 0 saturated heterocycles. The number of thiophene rings is 1. The number of hydrogen-bond donors (Lipinski definition) is 2. The van der Waals surface area contributed by atoms with E-state index in [4.69, 9.17) is 0 Å². The second-order valence-corrected chi connectivity index (χ2v) is 8.40. The molecule has 3 aromatic heterocycles. The summed E-state index contributed by atoms with van der Waals surface area (Å²) in [5.74, 6) is -0.0798. The summed E-state index contributed by atoms with van der Waals surface area (Å²) in [6, 6.07) is 8.32. The first-order valence-corrected chi connectivity index (χ1v) is 10.2. The minimum absolute atomic E-state index is 0.0232. The molecule has 8 heteroatoms. The van der Waals surface area contributed by atoms with Crippen LogP contribution in [0.1, 0.15) is 50.9 Å². The Morgan fingerprint density at radius 3 is 3.00 bits per heavy atom. The van der Waals surface area contributed by atoms with E-state index >= 15 is 0 Å². The van der Waals surface area contributed by atoms with Crippen LogP contribution < -0.4 is 5.32 Å². The summed E-state index contributed by atoms with van der Waals surface area (Å²) in [4.78, 5) is 17.9. The number of benzene rings is 1. The number of hydrogen-bond acceptors (Lipinski definition) is 5. The first-order valence-electron chi connectivity index (χ1n) is 9.37. The number of rotatable bonds is 3. The second-order valence-electron chi connectivity index (χ2n) is 7.20. The standard InChI is InChI=1S/C20H20N6OS/c1-11-12(2)28-20(26-10-21-24-25-26)17(11)19(27)23-16-9-5-7-14-13-6-3-4-8-15(13)22-18(14)16/h3-4,6,8,10,16,22H,5,7,9H2,1-2H3,(H,23,27). The van der Waals surface area contributed by atoms with Crippen molar-refractivity contribution in [2.24, 2.45) is 0 Å². The lowest BCUT2D eigenvalue weighted by Crippen LogP contribution is -2.31. The summed E-state index contributed by atoms with van der Waals surface area (Å²) in [6.45, 7) is 3.99. The van der Waals surface area contributed by atoms with E-state index in [0.29, 0.717) is 5.56 Å². The number of H-pyrrole nitrogens is 1. The Labute approximate surface area is 165 Å². The molecule has 2 N–H and O–H groups in total. The molecule has 1 atom stereocenters. The molecule has 7 nitrogen and oxygen atoms in total. The number of aryl methyl sites for hydroxylation is 2. The third-order valence-corrected chi connectivity index (χ3v) is 6.77. The van der Waals surface area contributed by atoms with Gasteiger partial charge in [-0.15, -0.1) is 16.4 Å². The van der Waals surface area contributed by atoms with Gasteiger partial charge in [0.15, 0.2) is 0 Å². The molecule has 5 rings (SSSR count). The number of carbonyl (C=O) groups is 1. The SMILES string of the molecule is Cc1sc(-n2cnnn2)c(C(=O)NC2CCCc3c2[nH]c2ccccc32)c1C. The molecule has 0 fully saturated rings. The van der Waals surface area contributed by atoms with Gasteiger partial charge < -0.3 is 10.3 Å². The average molecular weight is 392 g/mol. The molecule has 0 aliphatic heterocycles. The smallest absolute Gasteiger partial charge is 0.255 e. The van der Waals surface area contributed by atoms with E-state index < -0.39 is 0 Å². The van der Waals surface area contributed by atoms with Gasteiger partial charge in [0.25, 0.3) is 5.91 Å². The number of nitrogens with zero attached hydrogens (tertiary/aromatic N) is 4. The Bertz CT molecular complexity index is 1170. The molecule has 142 valence electrons. The molecule has 28 heavy (non-hydrogen) atoms. The summed E-state index contributed by atoms with van der Waals surface area (Å²) in [7, 11) is 0. The van der Waals surface area contributed by atoms with Crippen LogP contribution in [0, 0.1) is 13.8 Å². The zero-order valence-electron chi connectivity index (χ0n) is 15.7. The van der Waals surface area contributed by atoms with Crippen LogP contribution in [0.2, 0.25) is 0 Å². The van der Waals surface area contributed by atoms with E-state index in [1.54, 1.807) is 4.68 Å². The van der Waals surface area contributed by atoms with E-state index in [9.17, 15) is 4.79 Å². The number of aromatic nitrogens is 5. The fourth-order valence-electron chi connectivity index (χ4n) is 4.08. The number of tetrazole rings is 1. The van der Waals surface area contributed by atoms with Gasteiger partial charge in [-0.3, -0.25) is 4.79 Å². The molecule has 0 radical (unpaired) electrons. The number of carbonyl (C=O) groups excluding carboxylic acids is 1. The maximum atomic E-state index is 13.3. The monoisotopic (exact) mass is 392 g/mol. The molecule has 1 aromatic carbocycles. The topological polar surface area (TPSA) is 88.5 Å². The van der Waals surface area contributed by atoms with E-state index in [1.165, 1.54) is 28.6 Å². The van der Waals surface area contributed by atoms with Crippen LogP contribution >= 0.6 is 11.3 Å². The van der Waals surface area contributed by atoms with Crippen molar-refractivity contribution < 1.29 is 4.79 Å². The van der Waals surface area contributed by atoms with Crippen molar-refractivity contribution in [3.05, 3.63) is 57.9 Å². The fraction of sp³-hybridized carbons (Fsp3) is 0.300. The fourth-order valence-corrected chi connectivity index (χ4v) is 5.15. The van der Waals surface area contributed by atoms with Gasteiger partial charge in [0.1, 0.15) is 11.3 Å². The molecule has 0 spiro atoms. The summed E-state index contributed by atoms with van der Waals surface area (Å²) in [5.41, 5.74) is 5.21. The number of amides is 1. The number of aromatic amines is 1. The summed E-state index contributed by atoms with van der Waals surface area (Å²) >= 11 is 1.53. The van der Waals surface area contributed by atoms with Gasteiger partial charge in [-0.25, -0.2) is 0 Å². The highest BCUT2D eigenvalue weighted by molar-refractivity contribution is 7.15. The quantitative estimate of drug-likeness (QED) is 0.557. The Hall–Kier alpha value is -3.00. The molecule has 1 aliphatic carbocycles. The maximum Gasteiger partial charge on any atom is 0.255 e. The predicted octanol–water partition coefficient (Wildman–Crippen LogP) is 3.63. The van der Waals surface area contributed by atoms with Crippen LogP contribution in [-0.2, 0) is 6.42 Å². The molecule has 1 unspecified atom stereocenters. The van der Waals surface area contributed by atoms with Crippen LogP contribution in [0.5, 0.6) is 0 Å². The Morgan fingerprint density at radius 2 is 2.18 bits per heavy atom. The number of para-hydroxylation sites is 1. The third kappa shape index (κ3) is 2.63. The van der Waals surface area contributed by atoms with Crippen molar-refractivity contribution in [2.45, 2.75) is 39.2 Å². The minimum Gasteiger partial charge on any atom is -0.356 e. The molecule has 3 heterocycles. The summed E-state index contributed by atoms with van der Waals surface area (Å²) < 4.78 is 1.56. The van der Waals surface area contributed by atoms with Crippen molar-refractivity contribution in [1.82, 2.24) is 30.5 Å². The van der Waals surface area contributed by atoms with E-state index in [2.05, 4.69) is 44.0 Å². The molecule has 1 amide bonds. The van der Waals surface area contributed by atoms with Gasteiger partial charge in [0.05, 0.1) is 11.6 Å².